The molecular formula is C17H21NO3. The Morgan fingerprint density at radius 3 is 2.62 bits per heavy atom. The topological polar surface area (TPSA) is 66.4 Å². The SMILES string of the molecule is Cc1ccccc1[C@@H]1C[C@@H]1C(=O)N[C@@H]1CC[C@@H](C(=O)O)C1. The van der Waals surface area contributed by atoms with Crippen molar-refractivity contribution in [1.82, 2.24) is 5.32 Å². The van der Waals surface area contributed by atoms with Crippen molar-refractivity contribution in [2.75, 3.05) is 0 Å². The summed E-state index contributed by atoms with van der Waals surface area (Å²) in [5.41, 5.74) is 2.51. The molecule has 0 radical (unpaired) electrons. The molecule has 0 unspecified atom stereocenters. The number of carboxylic acid groups (broad SMARTS) is 1. The molecule has 0 aromatic heterocycles. The van der Waals surface area contributed by atoms with Gasteiger partial charge in [0.05, 0.1) is 5.92 Å². The second kappa shape index (κ2) is 5.51. The zero-order valence-electron chi connectivity index (χ0n) is 12.2. The van der Waals surface area contributed by atoms with Crippen LogP contribution in [-0.4, -0.2) is 23.0 Å². The molecule has 1 amide bonds. The van der Waals surface area contributed by atoms with Crippen LogP contribution in [0.1, 0.15) is 42.7 Å². The van der Waals surface area contributed by atoms with Crippen LogP contribution in [0.25, 0.3) is 0 Å². The van der Waals surface area contributed by atoms with E-state index in [9.17, 15) is 9.59 Å². The number of rotatable bonds is 4. The van der Waals surface area contributed by atoms with Gasteiger partial charge in [-0.2, -0.15) is 0 Å². The van der Waals surface area contributed by atoms with Gasteiger partial charge in [0.2, 0.25) is 5.91 Å². The summed E-state index contributed by atoms with van der Waals surface area (Å²) >= 11 is 0. The smallest absolute Gasteiger partial charge is 0.306 e. The normalized spacial score (nSPS) is 30.9. The maximum Gasteiger partial charge on any atom is 0.306 e. The predicted octanol–water partition coefficient (Wildman–Crippen LogP) is 2.47. The van der Waals surface area contributed by atoms with Gasteiger partial charge < -0.3 is 10.4 Å². The Bertz CT molecular complexity index is 569. The summed E-state index contributed by atoms with van der Waals surface area (Å²) < 4.78 is 0. The summed E-state index contributed by atoms with van der Waals surface area (Å²) in [6.45, 7) is 2.08. The Balaban J connectivity index is 1.54. The number of hydrogen-bond donors (Lipinski definition) is 2. The van der Waals surface area contributed by atoms with Crippen LogP contribution in [0, 0.1) is 18.8 Å². The van der Waals surface area contributed by atoms with Gasteiger partial charge in [-0.3, -0.25) is 9.59 Å². The number of carbonyl (C=O) groups is 2. The van der Waals surface area contributed by atoms with Gasteiger partial charge in [-0.1, -0.05) is 24.3 Å². The fraction of sp³-hybridized carbons (Fsp3) is 0.529. The lowest BCUT2D eigenvalue weighted by Gasteiger charge is -2.12. The molecule has 2 aliphatic carbocycles. The maximum absolute atomic E-state index is 12.3. The highest BCUT2D eigenvalue weighted by Crippen LogP contribution is 2.48. The minimum atomic E-state index is -0.740. The number of nitrogens with one attached hydrogen (secondary N) is 1. The maximum atomic E-state index is 12.3. The molecule has 0 saturated heterocycles. The molecule has 0 aliphatic heterocycles. The molecule has 112 valence electrons. The second-order valence-corrected chi connectivity index (χ2v) is 6.36. The number of hydrogen-bond acceptors (Lipinski definition) is 2. The standard InChI is InChI=1S/C17H21NO3/c1-10-4-2-3-5-13(10)14-9-15(14)16(19)18-12-7-6-11(8-12)17(20)21/h2-5,11-12,14-15H,6-9H2,1H3,(H,18,19)(H,20,21)/t11-,12-,14+,15+/m1/s1. The Morgan fingerprint density at radius 2 is 1.95 bits per heavy atom. The number of carboxylic acids is 1. The van der Waals surface area contributed by atoms with Gasteiger partial charge >= 0.3 is 5.97 Å². The first kappa shape index (κ1) is 14.1. The molecule has 2 N–H and O–H groups in total. The molecular weight excluding hydrogens is 266 g/mol. The van der Waals surface area contributed by atoms with Crippen LogP contribution in [0.2, 0.25) is 0 Å². The summed E-state index contributed by atoms with van der Waals surface area (Å²) in [6, 6.07) is 8.25. The van der Waals surface area contributed by atoms with E-state index in [4.69, 9.17) is 5.11 Å². The number of amides is 1. The van der Waals surface area contributed by atoms with E-state index in [1.165, 1.54) is 11.1 Å². The van der Waals surface area contributed by atoms with E-state index in [1.54, 1.807) is 0 Å². The quantitative estimate of drug-likeness (QED) is 0.894. The fourth-order valence-corrected chi connectivity index (χ4v) is 3.48. The molecule has 4 nitrogen and oxygen atoms in total. The number of aryl methyl sites for hydroxylation is 1. The Morgan fingerprint density at radius 1 is 1.19 bits per heavy atom. The summed E-state index contributed by atoms with van der Waals surface area (Å²) in [5, 5.41) is 12.0. The molecule has 2 aliphatic rings. The van der Waals surface area contributed by atoms with Crippen LogP contribution < -0.4 is 5.32 Å². The van der Waals surface area contributed by atoms with Crippen LogP contribution >= 0.6 is 0 Å². The second-order valence-electron chi connectivity index (χ2n) is 6.36. The third-order valence-electron chi connectivity index (χ3n) is 4.84. The molecule has 0 heterocycles. The third-order valence-corrected chi connectivity index (χ3v) is 4.84. The van der Waals surface area contributed by atoms with Crippen molar-refractivity contribution in [2.45, 2.75) is 44.6 Å². The average Bonchev–Trinajstić information content (AvgIpc) is 3.11. The van der Waals surface area contributed by atoms with E-state index >= 15 is 0 Å². The molecule has 4 heteroatoms. The Kier molecular flexibility index (Phi) is 3.70. The van der Waals surface area contributed by atoms with Gasteiger partial charge in [0.25, 0.3) is 0 Å². The third kappa shape index (κ3) is 2.94. The lowest BCUT2D eigenvalue weighted by Crippen LogP contribution is -2.34. The zero-order chi connectivity index (χ0) is 15.0. The minimum absolute atomic E-state index is 0.0386. The van der Waals surface area contributed by atoms with E-state index in [2.05, 4.69) is 24.4 Å². The molecule has 1 aromatic rings. The van der Waals surface area contributed by atoms with E-state index < -0.39 is 5.97 Å². The zero-order valence-corrected chi connectivity index (χ0v) is 12.2. The fourth-order valence-electron chi connectivity index (χ4n) is 3.48. The first-order chi connectivity index (χ1) is 10.1. The van der Waals surface area contributed by atoms with Gasteiger partial charge in [0, 0.05) is 12.0 Å². The number of carbonyl (C=O) groups excluding carboxylic acids is 1. The lowest BCUT2D eigenvalue weighted by molar-refractivity contribution is -0.141. The van der Waals surface area contributed by atoms with Crippen molar-refractivity contribution in [2.24, 2.45) is 11.8 Å². The van der Waals surface area contributed by atoms with Crippen molar-refractivity contribution >= 4 is 11.9 Å². The molecule has 2 saturated carbocycles. The van der Waals surface area contributed by atoms with Crippen molar-refractivity contribution < 1.29 is 14.7 Å². The minimum Gasteiger partial charge on any atom is -0.481 e. The van der Waals surface area contributed by atoms with Gasteiger partial charge in [0.1, 0.15) is 0 Å². The lowest BCUT2D eigenvalue weighted by atomic mass is 10.0. The van der Waals surface area contributed by atoms with Crippen molar-refractivity contribution in [3.8, 4) is 0 Å². The molecule has 0 spiro atoms. The predicted molar refractivity (Wildman–Crippen MR) is 78.9 cm³/mol. The monoisotopic (exact) mass is 287 g/mol. The molecule has 21 heavy (non-hydrogen) atoms. The first-order valence-electron chi connectivity index (χ1n) is 7.65. The summed E-state index contributed by atoms with van der Waals surface area (Å²) in [5.74, 6) is -0.533. The van der Waals surface area contributed by atoms with Crippen LogP contribution in [0.5, 0.6) is 0 Å². The Hall–Kier alpha value is -1.84. The van der Waals surface area contributed by atoms with Crippen molar-refractivity contribution in [3.63, 3.8) is 0 Å². The van der Waals surface area contributed by atoms with Gasteiger partial charge in [-0.15, -0.1) is 0 Å². The molecule has 0 bridgehead atoms. The van der Waals surface area contributed by atoms with Crippen LogP contribution in [0.15, 0.2) is 24.3 Å². The van der Waals surface area contributed by atoms with E-state index in [1.807, 2.05) is 12.1 Å². The van der Waals surface area contributed by atoms with Gasteiger partial charge in [-0.25, -0.2) is 0 Å². The van der Waals surface area contributed by atoms with Gasteiger partial charge in [-0.05, 0) is 49.7 Å². The molecule has 2 fully saturated rings. The highest BCUT2D eigenvalue weighted by molar-refractivity contribution is 5.83. The number of benzene rings is 1. The van der Waals surface area contributed by atoms with E-state index in [0.29, 0.717) is 18.8 Å². The first-order valence-corrected chi connectivity index (χ1v) is 7.65. The van der Waals surface area contributed by atoms with Crippen LogP contribution in [0.4, 0.5) is 0 Å². The summed E-state index contributed by atoms with van der Waals surface area (Å²) in [4.78, 5) is 23.2. The van der Waals surface area contributed by atoms with Crippen molar-refractivity contribution in [1.29, 1.82) is 0 Å². The molecule has 3 rings (SSSR count). The van der Waals surface area contributed by atoms with Crippen LogP contribution in [0.3, 0.4) is 0 Å². The molecule has 1 aromatic carbocycles. The Labute approximate surface area is 124 Å². The molecule has 4 atom stereocenters. The van der Waals surface area contributed by atoms with Crippen LogP contribution in [-0.2, 0) is 9.59 Å². The average molecular weight is 287 g/mol. The van der Waals surface area contributed by atoms with E-state index in [-0.39, 0.29) is 23.8 Å². The van der Waals surface area contributed by atoms with Crippen molar-refractivity contribution in [3.05, 3.63) is 35.4 Å². The summed E-state index contributed by atoms with van der Waals surface area (Å²) in [6.07, 6.45) is 2.94. The number of aliphatic carboxylic acids is 1. The largest absolute Gasteiger partial charge is 0.481 e. The van der Waals surface area contributed by atoms with E-state index in [0.717, 1.165) is 12.8 Å². The van der Waals surface area contributed by atoms with Gasteiger partial charge in [0.15, 0.2) is 0 Å². The summed E-state index contributed by atoms with van der Waals surface area (Å²) in [7, 11) is 0. The highest BCUT2D eigenvalue weighted by Gasteiger charge is 2.45. The highest BCUT2D eigenvalue weighted by atomic mass is 16.4.